The van der Waals surface area contributed by atoms with Crippen molar-refractivity contribution in [3.63, 3.8) is 0 Å². The number of hydrogen-bond acceptors (Lipinski definition) is 7. The fraction of sp³-hybridized carbons (Fsp3) is 0.222. The predicted octanol–water partition coefficient (Wildman–Crippen LogP) is 2.57. The minimum Gasteiger partial charge on any atom is -0.494 e. The van der Waals surface area contributed by atoms with Crippen molar-refractivity contribution in [2.24, 2.45) is 10.7 Å². The maximum Gasteiger partial charge on any atom is 0.332 e. The molecule has 9 nitrogen and oxygen atoms in total. The fourth-order valence-corrected chi connectivity index (χ4v) is 5.09. The number of rotatable bonds is 9. The van der Waals surface area contributed by atoms with Gasteiger partial charge in [-0.25, -0.2) is 9.78 Å². The van der Waals surface area contributed by atoms with Gasteiger partial charge in [-0.1, -0.05) is 54.2 Å². The molecule has 10 heteroatoms. The number of aliphatic imine (C=N–C) groups is 1. The zero-order valence-electron chi connectivity index (χ0n) is 19.9. The number of nitrogens with two attached hydrogens (primary N) is 1. The van der Waals surface area contributed by atoms with Gasteiger partial charge in [0, 0.05) is 12.7 Å². The van der Waals surface area contributed by atoms with E-state index in [2.05, 4.69) is 9.98 Å². The third-order valence-electron chi connectivity index (χ3n) is 6.06. The van der Waals surface area contributed by atoms with E-state index >= 15 is 0 Å². The molecular formula is C27H25N5O4S. The highest BCUT2D eigenvalue weighted by Gasteiger charge is 2.27. The number of hydrogen-bond donors (Lipinski definition) is 1. The van der Waals surface area contributed by atoms with Crippen molar-refractivity contribution in [2.45, 2.75) is 31.2 Å². The molecular weight excluding hydrogens is 490 g/mol. The van der Waals surface area contributed by atoms with Gasteiger partial charge in [0.1, 0.15) is 11.4 Å². The Morgan fingerprint density at radius 1 is 0.919 bits per heavy atom. The summed E-state index contributed by atoms with van der Waals surface area (Å²) >= 11 is 1.27. The molecule has 3 heterocycles. The molecule has 1 amide bonds. The van der Waals surface area contributed by atoms with Gasteiger partial charge < -0.3 is 10.5 Å². The minimum atomic E-state index is -0.416. The summed E-state index contributed by atoms with van der Waals surface area (Å²) in [5, 5.41) is 0.375. The average Bonchev–Trinajstić information content (AvgIpc) is 3.23. The van der Waals surface area contributed by atoms with Crippen LogP contribution in [0.25, 0.3) is 11.0 Å². The Hall–Kier alpha value is -4.18. The normalized spacial score (nSPS) is 15.2. The minimum absolute atomic E-state index is 0.216. The lowest BCUT2D eigenvalue weighted by atomic mass is 10.1. The third kappa shape index (κ3) is 5.49. The summed E-state index contributed by atoms with van der Waals surface area (Å²) < 4.78 is 8.49. The van der Waals surface area contributed by atoms with E-state index in [0.717, 1.165) is 16.9 Å². The summed E-state index contributed by atoms with van der Waals surface area (Å²) in [5.41, 5.74) is 7.06. The summed E-state index contributed by atoms with van der Waals surface area (Å²) in [6.45, 7) is 0.855. The van der Waals surface area contributed by atoms with E-state index in [1.165, 1.54) is 20.9 Å². The lowest BCUT2D eigenvalue weighted by Gasteiger charge is -2.14. The van der Waals surface area contributed by atoms with Crippen LogP contribution in [0.2, 0.25) is 0 Å². The number of nitrogens with zero attached hydrogens (tertiary/aromatic N) is 4. The molecule has 0 saturated heterocycles. The van der Waals surface area contributed by atoms with Gasteiger partial charge in [-0.15, -0.1) is 0 Å². The standard InChI is InChI=1S/C27H25N5O4S/c28-26-30-24(33)22(37-26)16-18-9-11-19(12-10-18)17-32-23-21(8-4-13-29-23)25(34)31(27(32)35)14-5-15-36-20-6-2-1-3-7-20/h1-4,6-13,22H,5,14-17H2,(H2,28,30,33). The molecule has 0 bridgehead atoms. The highest BCUT2D eigenvalue weighted by Crippen LogP contribution is 2.24. The maximum absolute atomic E-state index is 13.4. The van der Waals surface area contributed by atoms with Gasteiger partial charge in [-0.2, -0.15) is 4.99 Å². The van der Waals surface area contributed by atoms with Crippen molar-refractivity contribution in [1.29, 1.82) is 0 Å². The molecule has 2 aromatic carbocycles. The van der Waals surface area contributed by atoms with Crippen LogP contribution in [0, 0.1) is 0 Å². The fourth-order valence-electron chi connectivity index (χ4n) is 4.23. The molecule has 1 aliphatic rings. The maximum atomic E-state index is 13.4. The van der Waals surface area contributed by atoms with Gasteiger partial charge >= 0.3 is 5.69 Å². The SMILES string of the molecule is NC1=NC(=O)C(Cc2ccc(Cn3c(=O)n(CCCOc4ccccc4)c(=O)c4cccnc43)cc2)S1. The molecule has 1 atom stereocenters. The Bertz CT molecular complexity index is 1580. The molecule has 0 radical (unpaired) electrons. The van der Waals surface area contributed by atoms with Crippen molar-refractivity contribution >= 4 is 33.9 Å². The van der Waals surface area contributed by atoms with Crippen LogP contribution in [0.1, 0.15) is 17.5 Å². The van der Waals surface area contributed by atoms with Gasteiger partial charge in [0.05, 0.1) is 23.8 Å². The summed E-state index contributed by atoms with van der Waals surface area (Å²) in [7, 11) is 0. The van der Waals surface area contributed by atoms with Gasteiger partial charge in [0.2, 0.25) is 0 Å². The van der Waals surface area contributed by atoms with E-state index in [0.29, 0.717) is 35.6 Å². The Morgan fingerprint density at radius 2 is 1.68 bits per heavy atom. The molecule has 37 heavy (non-hydrogen) atoms. The number of pyridine rings is 1. The lowest BCUT2D eigenvalue weighted by molar-refractivity contribution is -0.117. The molecule has 0 fully saturated rings. The van der Waals surface area contributed by atoms with E-state index in [4.69, 9.17) is 10.5 Å². The van der Waals surface area contributed by atoms with Crippen molar-refractivity contribution in [3.05, 3.63) is 105 Å². The Labute approximate surface area is 216 Å². The second kappa shape index (κ2) is 10.8. The predicted molar refractivity (Wildman–Crippen MR) is 144 cm³/mol. The number of ether oxygens (including phenoxy) is 1. The number of amides is 1. The number of carbonyl (C=O) groups is 1. The first-order valence-electron chi connectivity index (χ1n) is 11.9. The van der Waals surface area contributed by atoms with Crippen LogP contribution < -0.4 is 21.7 Å². The summed E-state index contributed by atoms with van der Waals surface area (Å²) in [6.07, 6.45) is 2.59. The van der Waals surface area contributed by atoms with E-state index in [9.17, 15) is 14.4 Å². The number of carbonyl (C=O) groups excluding carboxylic acids is 1. The van der Waals surface area contributed by atoms with Crippen molar-refractivity contribution in [3.8, 4) is 5.75 Å². The van der Waals surface area contributed by atoms with Crippen molar-refractivity contribution < 1.29 is 9.53 Å². The van der Waals surface area contributed by atoms with Gasteiger partial charge in [-0.05, 0) is 48.2 Å². The van der Waals surface area contributed by atoms with Crippen LogP contribution in [0.4, 0.5) is 0 Å². The molecule has 2 aromatic heterocycles. The molecule has 1 unspecified atom stereocenters. The smallest absolute Gasteiger partial charge is 0.332 e. The number of thioether (sulfide) groups is 1. The molecule has 1 aliphatic heterocycles. The summed E-state index contributed by atoms with van der Waals surface area (Å²) in [4.78, 5) is 46.5. The number of amidine groups is 1. The number of para-hydroxylation sites is 1. The van der Waals surface area contributed by atoms with E-state index in [1.54, 1.807) is 18.3 Å². The van der Waals surface area contributed by atoms with E-state index < -0.39 is 5.69 Å². The average molecular weight is 516 g/mol. The molecule has 0 spiro atoms. The molecule has 2 N–H and O–H groups in total. The molecule has 188 valence electrons. The van der Waals surface area contributed by atoms with Crippen LogP contribution in [0.3, 0.4) is 0 Å². The summed E-state index contributed by atoms with van der Waals surface area (Å²) in [5.74, 6) is 0.525. The molecule has 5 rings (SSSR count). The molecule has 0 aliphatic carbocycles. The van der Waals surface area contributed by atoms with Crippen molar-refractivity contribution in [1.82, 2.24) is 14.1 Å². The van der Waals surface area contributed by atoms with Crippen LogP contribution in [0.15, 0.2) is 87.5 Å². The Balaban J connectivity index is 1.35. The van der Waals surface area contributed by atoms with Gasteiger partial charge in [-0.3, -0.25) is 18.7 Å². The lowest BCUT2D eigenvalue weighted by Crippen LogP contribution is -2.40. The third-order valence-corrected chi connectivity index (χ3v) is 7.05. The largest absolute Gasteiger partial charge is 0.494 e. The zero-order chi connectivity index (χ0) is 25.8. The molecule has 4 aromatic rings. The van der Waals surface area contributed by atoms with E-state index in [-0.39, 0.29) is 29.8 Å². The highest BCUT2D eigenvalue weighted by molar-refractivity contribution is 8.15. The van der Waals surface area contributed by atoms with Gasteiger partial charge in [0.15, 0.2) is 5.17 Å². The van der Waals surface area contributed by atoms with Crippen LogP contribution in [-0.2, 0) is 24.3 Å². The quantitative estimate of drug-likeness (QED) is 0.340. The zero-order valence-corrected chi connectivity index (χ0v) is 20.8. The number of fused-ring (bicyclic) bond motifs is 1. The number of aromatic nitrogens is 3. The molecule has 0 saturated carbocycles. The van der Waals surface area contributed by atoms with Crippen LogP contribution >= 0.6 is 11.8 Å². The number of benzene rings is 2. The second-order valence-corrected chi connectivity index (χ2v) is 9.85. The Kier molecular flexibility index (Phi) is 7.18. The monoisotopic (exact) mass is 515 g/mol. The highest BCUT2D eigenvalue weighted by atomic mass is 32.2. The van der Waals surface area contributed by atoms with Crippen molar-refractivity contribution in [2.75, 3.05) is 6.61 Å². The first kappa shape index (κ1) is 24.5. The first-order valence-corrected chi connectivity index (χ1v) is 12.8. The van der Waals surface area contributed by atoms with Crippen LogP contribution in [0.5, 0.6) is 5.75 Å². The first-order chi connectivity index (χ1) is 18.0. The summed E-state index contributed by atoms with van der Waals surface area (Å²) in [6, 6.07) is 20.5. The topological polar surface area (TPSA) is 122 Å². The van der Waals surface area contributed by atoms with Gasteiger partial charge in [0.25, 0.3) is 11.5 Å². The van der Waals surface area contributed by atoms with E-state index in [1.807, 2.05) is 54.6 Å². The Morgan fingerprint density at radius 3 is 2.41 bits per heavy atom. The van der Waals surface area contributed by atoms with Crippen LogP contribution in [-0.4, -0.2) is 37.0 Å². The second-order valence-electron chi connectivity index (χ2n) is 8.63.